The van der Waals surface area contributed by atoms with Crippen molar-refractivity contribution in [2.24, 2.45) is 0 Å². The van der Waals surface area contributed by atoms with Gasteiger partial charge in [-0.15, -0.1) is 0 Å². The second-order valence-electron chi connectivity index (χ2n) is 1.50. The van der Waals surface area contributed by atoms with Gasteiger partial charge < -0.3 is 4.74 Å². The summed E-state index contributed by atoms with van der Waals surface area (Å²) in [4.78, 5) is 20.1. The Hall–Kier alpha value is -0.380. The molecule has 3 nitrogen and oxygen atoms in total. The molecular weight excluding hydrogens is 188 g/mol. The summed E-state index contributed by atoms with van der Waals surface area (Å²) >= 11 is 2.84. The zero-order valence-electron chi connectivity index (χ0n) is 5.18. The van der Waals surface area contributed by atoms with Crippen molar-refractivity contribution in [2.75, 3.05) is 7.11 Å². The van der Waals surface area contributed by atoms with E-state index < -0.39 is 10.8 Å². The van der Waals surface area contributed by atoms with Gasteiger partial charge in [-0.1, -0.05) is 15.9 Å². The summed E-state index contributed by atoms with van der Waals surface area (Å²) in [6.07, 6.45) is 0. The van der Waals surface area contributed by atoms with Gasteiger partial charge in [-0.05, 0) is 6.92 Å². The molecule has 0 spiro atoms. The fourth-order valence-corrected chi connectivity index (χ4v) is 0.456. The van der Waals surface area contributed by atoms with Crippen molar-refractivity contribution >= 4 is 27.7 Å². The van der Waals surface area contributed by atoms with Gasteiger partial charge in [0.1, 0.15) is 0 Å². The minimum Gasteiger partial charge on any atom is -0.468 e. The number of hydrogen-bond acceptors (Lipinski definition) is 3. The van der Waals surface area contributed by atoms with Crippen molar-refractivity contribution in [2.45, 2.75) is 11.8 Å². The van der Waals surface area contributed by atoms with E-state index in [-0.39, 0.29) is 5.78 Å². The van der Waals surface area contributed by atoms with Crippen molar-refractivity contribution in [3.8, 4) is 0 Å². The number of carbonyl (C=O) groups excluding carboxylic acids is 2. The molecule has 0 radical (unpaired) electrons. The topological polar surface area (TPSA) is 43.4 Å². The summed E-state index contributed by atoms with van der Waals surface area (Å²) < 4.78 is 4.27. The van der Waals surface area contributed by atoms with E-state index in [4.69, 9.17) is 0 Å². The third-order valence-electron chi connectivity index (χ3n) is 0.765. The van der Waals surface area contributed by atoms with E-state index in [1.54, 1.807) is 0 Å². The zero-order chi connectivity index (χ0) is 7.44. The van der Waals surface area contributed by atoms with E-state index in [2.05, 4.69) is 20.7 Å². The van der Waals surface area contributed by atoms with Gasteiger partial charge >= 0.3 is 5.97 Å². The number of ether oxygens (including phenoxy) is 1. The molecule has 0 rings (SSSR count). The molecule has 0 amide bonds. The van der Waals surface area contributed by atoms with Crippen LogP contribution in [0.2, 0.25) is 0 Å². The number of esters is 1. The molecule has 0 aromatic carbocycles. The summed E-state index contributed by atoms with van der Waals surface area (Å²) in [5.41, 5.74) is 0. The Morgan fingerprint density at radius 2 is 2.00 bits per heavy atom. The Kier molecular flexibility index (Phi) is 3.46. The predicted molar refractivity (Wildman–Crippen MR) is 35.4 cm³/mol. The maximum Gasteiger partial charge on any atom is 0.327 e. The van der Waals surface area contributed by atoms with E-state index >= 15 is 0 Å². The molecule has 9 heavy (non-hydrogen) atoms. The van der Waals surface area contributed by atoms with Crippen LogP contribution in [0, 0.1) is 0 Å². The van der Waals surface area contributed by atoms with Crippen LogP contribution in [0.4, 0.5) is 0 Å². The molecule has 0 aromatic heterocycles. The monoisotopic (exact) mass is 194 g/mol. The van der Waals surface area contributed by atoms with Gasteiger partial charge in [-0.2, -0.15) is 0 Å². The van der Waals surface area contributed by atoms with Crippen LogP contribution in [0.3, 0.4) is 0 Å². The highest BCUT2D eigenvalue weighted by Gasteiger charge is 2.19. The van der Waals surface area contributed by atoms with Crippen LogP contribution in [0.1, 0.15) is 6.92 Å². The quantitative estimate of drug-likeness (QED) is 0.366. The van der Waals surface area contributed by atoms with E-state index in [1.807, 2.05) is 0 Å². The lowest BCUT2D eigenvalue weighted by molar-refractivity contribution is -0.141. The minimum atomic E-state index is -0.803. The molecular formula is C5H7BrO3. The fraction of sp³-hybridized carbons (Fsp3) is 0.600. The molecule has 0 aliphatic carbocycles. The normalized spacial score (nSPS) is 12.3. The zero-order valence-corrected chi connectivity index (χ0v) is 6.77. The van der Waals surface area contributed by atoms with Gasteiger partial charge in [0, 0.05) is 0 Å². The van der Waals surface area contributed by atoms with Crippen molar-refractivity contribution < 1.29 is 14.3 Å². The van der Waals surface area contributed by atoms with E-state index in [1.165, 1.54) is 14.0 Å². The van der Waals surface area contributed by atoms with Crippen LogP contribution in [-0.4, -0.2) is 23.7 Å². The van der Waals surface area contributed by atoms with E-state index in [0.717, 1.165) is 0 Å². The molecule has 1 atom stereocenters. The van der Waals surface area contributed by atoms with Crippen LogP contribution in [-0.2, 0) is 14.3 Å². The lowest BCUT2D eigenvalue weighted by Crippen LogP contribution is -2.22. The Labute approximate surface area is 61.5 Å². The summed E-state index contributed by atoms with van der Waals surface area (Å²) in [5, 5.41) is 0. The maximum absolute atomic E-state index is 10.5. The molecule has 1 unspecified atom stereocenters. The Morgan fingerprint density at radius 3 is 2.11 bits per heavy atom. The lowest BCUT2D eigenvalue weighted by atomic mass is 10.3. The first-order valence-electron chi connectivity index (χ1n) is 2.32. The molecule has 0 heterocycles. The van der Waals surface area contributed by atoms with Gasteiger partial charge in [0.05, 0.1) is 7.11 Å². The highest BCUT2D eigenvalue weighted by molar-refractivity contribution is 9.10. The van der Waals surface area contributed by atoms with Crippen LogP contribution < -0.4 is 0 Å². The highest BCUT2D eigenvalue weighted by atomic mass is 79.9. The number of carbonyl (C=O) groups is 2. The smallest absolute Gasteiger partial charge is 0.327 e. The van der Waals surface area contributed by atoms with Crippen molar-refractivity contribution in [3.05, 3.63) is 0 Å². The molecule has 0 bridgehead atoms. The summed E-state index contributed by atoms with van der Waals surface area (Å²) in [7, 11) is 1.24. The number of rotatable bonds is 2. The molecule has 0 N–H and O–H groups in total. The van der Waals surface area contributed by atoms with Crippen molar-refractivity contribution in [3.63, 3.8) is 0 Å². The standard InChI is InChI=1S/C5H7BrO3/c1-3(7)4(6)5(8)9-2/h4H,1-2H3. The lowest BCUT2D eigenvalue weighted by Gasteiger charge is -2.00. The minimum absolute atomic E-state index is 0.248. The predicted octanol–water partition coefficient (Wildman–Crippen LogP) is 0.512. The SMILES string of the molecule is COC(=O)C(Br)C(C)=O. The Bertz CT molecular complexity index is 132. The van der Waals surface area contributed by atoms with Gasteiger partial charge in [-0.25, -0.2) is 0 Å². The fourth-order valence-electron chi connectivity index (χ4n) is 0.269. The molecule has 0 aliphatic heterocycles. The molecule has 52 valence electrons. The summed E-state index contributed by atoms with van der Waals surface area (Å²) in [6, 6.07) is 0. The first kappa shape index (κ1) is 8.62. The average molecular weight is 195 g/mol. The average Bonchev–Trinajstić information content (AvgIpc) is 1.84. The Balaban J connectivity index is 3.88. The molecule has 0 aromatic rings. The summed E-state index contributed by atoms with van der Waals surface area (Å²) in [5.74, 6) is -0.802. The first-order valence-corrected chi connectivity index (χ1v) is 3.23. The van der Waals surface area contributed by atoms with Crippen LogP contribution >= 0.6 is 15.9 Å². The van der Waals surface area contributed by atoms with Gasteiger partial charge in [0.15, 0.2) is 10.6 Å². The van der Waals surface area contributed by atoms with E-state index in [0.29, 0.717) is 0 Å². The third kappa shape index (κ3) is 2.60. The third-order valence-corrected chi connectivity index (χ3v) is 1.78. The maximum atomic E-state index is 10.5. The number of Topliss-reactive ketones (excluding diaryl/α,β-unsaturated/α-hetero) is 1. The van der Waals surface area contributed by atoms with Gasteiger partial charge in [0.2, 0.25) is 0 Å². The molecule has 4 heteroatoms. The van der Waals surface area contributed by atoms with Crippen LogP contribution in [0.25, 0.3) is 0 Å². The largest absolute Gasteiger partial charge is 0.468 e. The van der Waals surface area contributed by atoms with Gasteiger partial charge in [0.25, 0.3) is 0 Å². The summed E-state index contributed by atoms with van der Waals surface area (Å²) in [6.45, 7) is 1.32. The van der Waals surface area contributed by atoms with Crippen molar-refractivity contribution in [1.29, 1.82) is 0 Å². The highest BCUT2D eigenvalue weighted by Crippen LogP contribution is 2.01. The number of halogens is 1. The number of ketones is 1. The second-order valence-corrected chi connectivity index (χ2v) is 2.41. The van der Waals surface area contributed by atoms with Crippen LogP contribution in [0.5, 0.6) is 0 Å². The van der Waals surface area contributed by atoms with E-state index in [9.17, 15) is 9.59 Å². The second kappa shape index (κ2) is 3.61. The first-order chi connectivity index (χ1) is 4.09. The number of hydrogen-bond donors (Lipinski definition) is 0. The molecule has 0 aliphatic rings. The Morgan fingerprint density at radius 1 is 1.56 bits per heavy atom. The molecule has 0 saturated heterocycles. The van der Waals surface area contributed by atoms with Crippen molar-refractivity contribution in [1.82, 2.24) is 0 Å². The number of alkyl halides is 1. The number of methoxy groups -OCH3 is 1. The van der Waals surface area contributed by atoms with Gasteiger partial charge in [-0.3, -0.25) is 9.59 Å². The van der Waals surface area contributed by atoms with Crippen LogP contribution in [0.15, 0.2) is 0 Å². The molecule has 0 saturated carbocycles. The molecule has 0 fully saturated rings.